The van der Waals surface area contributed by atoms with Crippen molar-refractivity contribution in [1.82, 2.24) is 0 Å². The third kappa shape index (κ3) is 6.27. The maximum Gasteiger partial charge on any atom is 0.478 e. The molecule has 0 aromatic carbocycles. The van der Waals surface area contributed by atoms with E-state index in [2.05, 4.69) is 47.8 Å². The fourth-order valence-corrected chi connectivity index (χ4v) is 9.31. The molecule has 0 aromatic rings. The summed E-state index contributed by atoms with van der Waals surface area (Å²) in [5.41, 5.74) is 0. The smallest absolute Gasteiger partial charge is 0.269 e. The standard InChI is InChI=1S/C18H30Br3O4P/c19-16(10-4-1-5-11-16)23-26(22,24-17(20)12-6-2-7-13-17)25-18(21)14-8-3-9-15-18/h1-15H2. The molecule has 3 saturated carbocycles. The van der Waals surface area contributed by atoms with Crippen LogP contribution in [-0.4, -0.2) is 13.5 Å². The fourth-order valence-electron chi connectivity index (χ4n) is 4.17. The second kappa shape index (κ2) is 9.14. The van der Waals surface area contributed by atoms with Crippen molar-refractivity contribution in [1.29, 1.82) is 0 Å². The van der Waals surface area contributed by atoms with Gasteiger partial charge in [0.25, 0.3) is 0 Å². The van der Waals surface area contributed by atoms with Crippen molar-refractivity contribution in [2.45, 2.75) is 110 Å². The maximum absolute atomic E-state index is 13.9. The van der Waals surface area contributed by atoms with Gasteiger partial charge in [-0.05, 0) is 77.0 Å². The van der Waals surface area contributed by atoms with Gasteiger partial charge < -0.3 is 0 Å². The normalized spacial score (nSPS) is 28.6. The molecule has 0 saturated heterocycles. The van der Waals surface area contributed by atoms with Gasteiger partial charge in [0.05, 0.1) is 0 Å². The summed E-state index contributed by atoms with van der Waals surface area (Å²) in [7, 11) is -3.76. The number of hydrogen-bond donors (Lipinski definition) is 0. The third-order valence-corrected chi connectivity index (χ3v) is 11.0. The minimum Gasteiger partial charge on any atom is -0.269 e. The Balaban J connectivity index is 1.78. The van der Waals surface area contributed by atoms with Crippen LogP contribution in [-0.2, 0) is 18.1 Å². The topological polar surface area (TPSA) is 44.8 Å². The van der Waals surface area contributed by atoms with Gasteiger partial charge in [0.1, 0.15) is 13.5 Å². The summed E-state index contributed by atoms with van der Waals surface area (Å²) < 4.78 is 30.5. The van der Waals surface area contributed by atoms with Gasteiger partial charge >= 0.3 is 7.82 Å². The predicted octanol–water partition coefficient (Wildman–Crippen LogP) is 8.31. The molecule has 3 aliphatic carbocycles. The first-order valence-corrected chi connectivity index (χ1v) is 13.9. The Morgan fingerprint density at radius 1 is 0.500 bits per heavy atom. The molecule has 0 heterocycles. The number of phosphoric ester groups is 1. The molecule has 4 nitrogen and oxygen atoms in total. The Labute approximate surface area is 182 Å². The molecule has 26 heavy (non-hydrogen) atoms. The highest BCUT2D eigenvalue weighted by atomic mass is 79.9. The zero-order chi connectivity index (χ0) is 18.7. The number of rotatable bonds is 6. The molecule has 0 bridgehead atoms. The highest BCUT2D eigenvalue weighted by molar-refractivity contribution is 9.10. The Morgan fingerprint density at radius 2 is 0.731 bits per heavy atom. The molecule has 8 heteroatoms. The van der Waals surface area contributed by atoms with Crippen LogP contribution in [0.5, 0.6) is 0 Å². The van der Waals surface area contributed by atoms with Crippen molar-refractivity contribution in [3.8, 4) is 0 Å². The lowest BCUT2D eigenvalue weighted by atomic mass is 9.98. The van der Waals surface area contributed by atoms with Crippen molar-refractivity contribution < 1.29 is 18.1 Å². The Bertz CT molecular complexity index is 441. The molecular weight excluding hydrogens is 551 g/mol. The van der Waals surface area contributed by atoms with Crippen LogP contribution >= 0.6 is 55.6 Å². The fraction of sp³-hybridized carbons (Fsp3) is 1.00. The van der Waals surface area contributed by atoms with Crippen LogP contribution in [0, 0.1) is 0 Å². The van der Waals surface area contributed by atoms with Crippen molar-refractivity contribution in [2.75, 3.05) is 0 Å². The van der Waals surface area contributed by atoms with Crippen LogP contribution in [0.3, 0.4) is 0 Å². The first-order chi connectivity index (χ1) is 12.2. The molecule has 0 aliphatic heterocycles. The molecule has 0 atom stereocenters. The van der Waals surface area contributed by atoms with Gasteiger partial charge in [-0.25, -0.2) is 4.57 Å². The van der Waals surface area contributed by atoms with E-state index in [1.54, 1.807) is 0 Å². The summed E-state index contributed by atoms with van der Waals surface area (Å²) in [4.78, 5) is 0. The van der Waals surface area contributed by atoms with Crippen molar-refractivity contribution in [3.05, 3.63) is 0 Å². The first-order valence-electron chi connectivity index (χ1n) is 10.0. The molecule has 3 aliphatic rings. The van der Waals surface area contributed by atoms with Crippen LogP contribution < -0.4 is 0 Å². The minimum absolute atomic E-state index is 0.614. The average molecular weight is 581 g/mol. The van der Waals surface area contributed by atoms with Crippen LogP contribution in [0.4, 0.5) is 0 Å². The van der Waals surface area contributed by atoms with Gasteiger partial charge in [-0.1, -0.05) is 67.1 Å². The second-order valence-corrected chi connectivity index (χ2v) is 13.8. The molecular formula is C18H30Br3O4P. The SMILES string of the molecule is O=P(OC1(Br)CCCCC1)(OC1(Br)CCCCC1)OC1(Br)CCCCC1. The van der Waals surface area contributed by atoms with Crippen molar-refractivity contribution in [3.63, 3.8) is 0 Å². The lowest BCUT2D eigenvalue weighted by Gasteiger charge is -2.41. The van der Waals surface area contributed by atoms with Gasteiger partial charge in [0.15, 0.2) is 0 Å². The molecule has 152 valence electrons. The van der Waals surface area contributed by atoms with Crippen molar-refractivity contribution >= 4 is 55.6 Å². The molecule has 3 fully saturated rings. The molecule has 0 amide bonds. The largest absolute Gasteiger partial charge is 0.478 e. The zero-order valence-electron chi connectivity index (χ0n) is 15.3. The summed E-state index contributed by atoms with van der Waals surface area (Å²) in [5.74, 6) is 0. The minimum atomic E-state index is -3.76. The molecule has 0 aromatic heterocycles. The maximum atomic E-state index is 13.9. The number of phosphoric acid groups is 1. The van der Waals surface area contributed by atoms with E-state index >= 15 is 0 Å². The Kier molecular flexibility index (Phi) is 7.82. The second-order valence-electron chi connectivity index (χ2n) is 8.05. The van der Waals surface area contributed by atoms with E-state index in [-0.39, 0.29) is 0 Å². The van der Waals surface area contributed by atoms with Crippen LogP contribution in [0.1, 0.15) is 96.3 Å². The summed E-state index contributed by atoms with van der Waals surface area (Å²) in [6.07, 6.45) is 14.9. The third-order valence-electron chi connectivity index (χ3n) is 5.63. The summed E-state index contributed by atoms with van der Waals surface area (Å²) >= 11 is 11.1. The number of hydrogen-bond acceptors (Lipinski definition) is 4. The van der Waals surface area contributed by atoms with Gasteiger partial charge in [0, 0.05) is 0 Å². The zero-order valence-corrected chi connectivity index (χ0v) is 21.0. The van der Waals surface area contributed by atoms with E-state index in [0.717, 1.165) is 77.0 Å². The Hall–Kier alpha value is 1.55. The summed E-state index contributed by atoms with van der Waals surface area (Å²) in [6, 6.07) is 0. The van der Waals surface area contributed by atoms with E-state index in [1.165, 1.54) is 19.3 Å². The van der Waals surface area contributed by atoms with Crippen molar-refractivity contribution in [2.24, 2.45) is 0 Å². The van der Waals surface area contributed by atoms with E-state index in [4.69, 9.17) is 13.6 Å². The van der Waals surface area contributed by atoms with Crippen LogP contribution in [0.15, 0.2) is 0 Å². The highest BCUT2D eigenvalue weighted by Crippen LogP contribution is 2.65. The lowest BCUT2D eigenvalue weighted by Crippen LogP contribution is -2.35. The molecule has 0 radical (unpaired) electrons. The number of alkyl halides is 3. The lowest BCUT2D eigenvalue weighted by molar-refractivity contribution is -0.0163. The molecule has 0 N–H and O–H groups in total. The van der Waals surface area contributed by atoms with Gasteiger partial charge in [0.2, 0.25) is 0 Å². The average Bonchev–Trinajstić information content (AvgIpc) is 2.54. The van der Waals surface area contributed by atoms with Crippen LogP contribution in [0.2, 0.25) is 0 Å². The van der Waals surface area contributed by atoms with Gasteiger partial charge in [-0.3, -0.25) is 13.6 Å². The summed E-state index contributed by atoms with van der Waals surface area (Å²) in [6.45, 7) is 0. The predicted molar refractivity (Wildman–Crippen MR) is 115 cm³/mol. The molecule has 0 spiro atoms. The number of halogens is 3. The van der Waals surface area contributed by atoms with E-state index in [9.17, 15) is 4.57 Å². The van der Waals surface area contributed by atoms with Crippen LogP contribution in [0.25, 0.3) is 0 Å². The molecule has 3 rings (SSSR count). The first kappa shape index (κ1) is 22.2. The van der Waals surface area contributed by atoms with Gasteiger partial charge in [-0.15, -0.1) is 0 Å². The molecule has 0 unspecified atom stereocenters. The monoisotopic (exact) mass is 578 g/mol. The Morgan fingerprint density at radius 3 is 0.962 bits per heavy atom. The van der Waals surface area contributed by atoms with Gasteiger partial charge in [-0.2, -0.15) is 0 Å². The van der Waals surface area contributed by atoms with E-state index in [1.807, 2.05) is 0 Å². The van der Waals surface area contributed by atoms with E-state index < -0.39 is 21.4 Å². The summed E-state index contributed by atoms with van der Waals surface area (Å²) in [5, 5.41) is 0. The quantitative estimate of drug-likeness (QED) is 0.234. The van der Waals surface area contributed by atoms with E-state index in [0.29, 0.717) is 0 Å². The highest BCUT2D eigenvalue weighted by Gasteiger charge is 2.50.